The van der Waals surface area contributed by atoms with Crippen LogP contribution in [-0.2, 0) is 6.42 Å². The molecule has 1 unspecified atom stereocenters. The van der Waals surface area contributed by atoms with E-state index in [9.17, 15) is 14.9 Å². The second kappa shape index (κ2) is 8.85. The van der Waals surface area contributed by atoms with Crippen LogP contribution in [0.25, 0.3) is 0 Å². The third-order valence-corrected chi connectivity index (χ3v) is 5.07. The van der Waals surface area contributed by atoms with Gasteiger partial charge in [-0.3, -0.25) is 14.9 Å². The SMILES string of the molecule is CCc1ccc(C(NC(=O)c2cc(SC)ccc2[N+](=O)[O-])C(C)C)cc1. The van der Waals surface area contributed by atoms with E-state index in [-0.39, 0.29) is 23.2 Å². The van der Waals surface area contributed by atoms with Crippen LogP contribution in [0.1, 0.15) is 48.3 Å². The van der Waals surface area contributed by atoms with Crippen molar-refractivity contribution in [2.75, 3.05) is 6.26 Å². The lowest BCUT2D eigenvalue weighted by Crippen LogP contribution is -2.32. The quantitative estimate of drug-likeness (QED) is 0.421. The van der Waals surface area contributed by atoms with E-state index in [2.05, 4.69) is 12.2 Å². The number of benzene rings is 2. The summed E-state index contributed by atoms with van der Waals surface area (Å²) in [4.78, 5) is 24.4. The fourth-order valence-corrected chi connectivity index (χ4v) is 3.24. The molecule has 0 bridgehead atoms. The van der Waals surface area contributed by atoms with E-state index in [0.717, 1.165) is 16.9 Å². The summed E-state index contributed by atoms with van der Waals surface area (Å²) >= 11 is 1.44. The molecule has 0 radical (unpaired) electrons. The van der Waals surface area contributed by atoms with Crippen molar-refractivity contribution in [3.05, 3.63) is 69.3 Å². The normalized spacial score (nSPS) is 12.0. The number of thioether (sulfide) groups is 1. The second-order valence-electron chi connectivity index (χ2n) is 6.43. The number of hydrogen-bond acceptors (Lipinski definition) is 4. The van der Waals surface area contributed by atoms with Crippen molar-refractivity contribution in [1.82, 2.24) is 5.32 Å². The Kier molecular flexibility index (Phi) is 6.80. The summed E-state index contributed by atoms with van der Waals surface area (Å²) in [6.45, 7) is 6.13. The molecule has 6 heteroatoms. The molecule has 1 atom stereocenters. The Morgan fingerprint density at radius 1 is 1.19 bits per heavy atom. The summed E-state index contributed by atoms with van der Waals surface area (Å²) in [6, 6.07) is 12.5. The summed E-state index contributed by atoms with van der Waals surface area (Å²) in [6.07, 6.45) is 2.82. The van der Waals surface area contributed by atoms with Gasteiger partial charge < -0.3 is 5.32 Å². The Balaban J connectivity index is 2.34. The highest BCUT2D eigenvalue weighted by atomic mass is 32.2. The van der Waals surface area contributed by atoms with E-state index in [4.69, 9.17) is 0 Å². The number of aryl methyl sites for hydroxylation is 1. The van der Waals surface area contributed by atoms with Gasteiger partial charge in [0.05, 0.1) is 11.0 Å². The molecule has 0 aromatic heterocycles. The first-order valence-corrected chi connectivity index (χ1v) is 9.82. The summed E-state index contributed by atoms with van der Waals surface area (Å²) in [5.41, 5.74) is 2.14. The molecular weight excluding hydrogens is 348 g/mol. The predicted octanol–water partition coefficient (Wildman–Crippen LogP) is 5.01. The lowest BCUT2D eigenvalue weighted by molar-refractivity contribution is -0.385. The van der Waals surface area contributed by atoms with Crippen LogP contribution in [0.4, 0.5) is 5.69 Å². The predicted molar refractivity (Wildman–Crippen MR) is 106 cm³/mol. The highest BCUT2D eigenvalue weighted by molar-refractivity contribution is 7.98. The van der Waals surface area contributed by atoms with Crippen molar-refractivity contribution in [3.8, 4) is 0 Å². The van der Waals surface area contributed by atoms with Gasteiger partial charge in [-0.1, -0.05) is 45.0 Å². The zero-order chi connectivity index (χ0) is 19.3. The Labute approximate surface area is 158 Å². The van der Waals surface area contributed by atoms with Crippen LogP contribution in [0.3, 0.4) is 0 Å². The first kappa shape index (κ1) is 20.0. The first-order valence-electron chi connectivity index (χ1n) is 8.59. The maximum atomic E-state index is 12.8. The molecule has 2 rings (SSSR count). The van der Waals surface area contributed by atoms with Gasteiger partial charge in [-0.2, -0.15) is 0 Å². The molecule has 26 heavy (non-hydrogen) atoms. The van der Waals surface area contributed by atoms with Crippen LogP contribution in [-0.4, -0.2) is 17.1 Å². The van der Waals surface area contributed by atoms with E-state index in [1.807, 2.05) is 44.4 Å². The van der Waals surface area contributed by atoms with Gasteiger partial charge in [0.2, 0.25) is 0 Å². The maximum Gasteiger partial charge on any atom is 0.282 e. The Morgan fingerprint density at radius 3 is 2.35 bits per heavy atom. The molecule has 2 aromatic carbocycles. The number of amides is 1. The number of nitro groups is 1. The lowest BCUT2D eigenvalue weighted by Gasteiger charge is -2.23. The van der Waals surface area contributed by atoms with Gasteiger partial charge in [-0.05, 0) is 41.9 Å². The highest BCUT2D eigenvalue weighted by Gasteiger charge is 2.25. The molecule has 0 heterocycles. The van der Waals surface area contributed by atoms with Crippen LogP contribution in [0.2, 0.25) is 0 Å². The van der Waals surface area contributed by atoms with Crippen LogP contribution in [0.15, 0.2) is 47.4 Å². The fraction of sp³-hybridized carbons (Fsp3) is 0.350. The number of rotatable bonds is 7. The lowest BCUT2D eigenvalue weighted by atomic mass is 9.94. The van der Waals surface area contributed by atoms with Crippen molar-refractivity contribution >= 4 is 23.4 Å². The van der Waals surface area contributed by atoms with Gasteiger partial charge in [0.25, 0.3) is 11.6 Å². The van der Waals surface area contributed by atoms with E-state index in [1.54, 1.807) is 12.1 Å². The maximum absolute atomic E-state index is 12.8. The van der Waals surface area contributed by atoms with E-state index >= 15 is 0 Å². The zero-order valence-corrected chi connectivity index (χ0v) is 16.3. The molecule has 2 aromatic rings. The molecule has 0 saturated carbocycles. The minimum absolute atomic E-state index is 0.0951. The van der Waals surface area contributed by atoms with E-state index < -0.39 is 10.8 Å². The third kappa shape index (κ3) is 4.64. The Hall–Kier alpha value is -2.34. The number of nitro benzene ring substituents is 1. The minimum atomic E-state index is -0.514. The first-order chi connectivity index (χ1) is 12.4. The van der Waals surface area contributed by atoms with Crippen LogP contribution < -0.4 is 5.32 Å². The number of hydrogen-bond donors (Lipinski definition) is 1. The summed E-state index contributed by atoms with van der Waals surface area (Å²) in [5.74, 6) is -0.278. The van der Waals surface area contributed by atoms with Crippen molar-refractivity contribution < 1.29 is 9.72 Å². The summed E-state index contributed by atoms with van der Waals surface area (Å²) in [7, 11) is 0. The van der Waals surface area contributed by atoms with Crippen LogP contribution in [0, 0.1) is 16.0 Å². The Bertz CT molecular complexity index is 788. The molecule has 0 aliphatic heterocycles. The van der Waals surface area contributed by atoms with Crippen molar-refractivity contribution in [3.63, 3.8) is 0 Å². The van der Waals surface area contributed by atoms with Crippen molar-refractivity contribution in [1.29, 1.82) is 0 Å². The summed E-state index contributed by atoms with van der Waals surface area (Å²) < 4.78 is 0. The number of carbonyl (C=O) groups excluding carboxylic acids is 1. The molecule has 1 amide bonds. The minimum Gasteiger partial charge on any atom is -0.345 e. The van der Waals surface area contributed by atoms with Crippen LogP contribution in [0.5, 0.6) is 0 Å². The van der Waals surface area contributed by atoms with Gasteiger partial charge in [-0.15, -0.1) is 11.8 Å². The standard InChI is InChI=1S/C20H24N2O3S/c1-5-14-6-8-15(9-7-14)19(13(2)3)21-20(23)17-12-16(26-4)10-11-18(17)22(24)25/h6-13,19H,5H2,1-4H3,(H,21,23). The largest absolute Gasteiger partial charge is 0.345 e. The molecule has 5 nitrogen and oxygen atoms in total. The third-order valence-electron chi connectivity index (χ3n) is 4.35. The molecule has 0 aliphatic carbocycles. The summed E-state index contributed by atoms with van der Waals surface area (Å²) in [5, 5.41) is 14.3. The van der Waals surface area contributed by atoms with Gasteiger partial charge in [-0.25, -0.2) is 0 Å². The average Bonchev–Trinajstić information content (AvgIpc) is 2.65. The smallest absolute Gasteiger partial charge is 0.282 e. The highest BCUT2D eigenvalue weighted by Crippen LogP contribution is 2.27. The second-order valence-corrected chi connectivity index (χ2v) is 7.31. The van der Waals surface area contributed by atoms with Gasteiger partial charge in [0.1, 0.15) is 5.56 Å². The van der Waals surface area contributed by atoms with E-state index in [0.29, 0.717) is 0 Å². The van der Waals surface area contributed by atoms with Crippen molar-refractivity contribution in [2.45, 2.75) is 38.1 Å². The monoisotopic (exact) mass is 372 g/mol. The zero-order valence-electron chi connectivity index (χ0n) is 15.5. The molecule has 1 N–H and O–H groups in total. The number of nitrogens with zero attached hydrogens (tertiary/aromatic N) is 1. The molecular formula is C20H24N2O3S. The van der Waals surface area contributed by atoms with Gasteiger partial charge in [0, 0.05) is 11.0 Å². The van der Waals surface area contributed by atoms with Gasteiger partial charge in [0.15, 0.2) is 0 Å². The van der Waals surface area contributed by atoms with Crippen LogP contribution >= 0.6 is 11.8 Å². The average molecular weight is 372 g/mol. The molecule has 0 fully saturated rings. The molecule has 0 saturated heterocycles. The fourth-order valence-electron chi connectivity index (χ4n) is 2.80. The Morgan fingerprint density at radius 2 is 1.85 bits per heavy atom. The van der Waals surface area contributed by atoms with Crippen molar-refractivity contribution in [2.24, 2.45) is 5.92 Å². The van der Waals surface area contributed by atoms with E-state index in [1.165, 1.54) is 23.4 Å². The molecule has 0 spiro atoms. The molecule has 138 valence electrons. The van der Waals surface area contributed by atoms with Gasteiger partial charge >= 0.3 is 0 Å². The number of nitrogens with one attached hydrogen (secondary N) is 1. The molecule has 0 aliphatic rings. The topological polar surface area (TPSA) is 72.2 Å². The number of carbonyl (C=O) groups is 1.